The minimum absolute atomic E-state index is 0.139. The molecule has 0 saturated carbocycles. The van der Waals surface area contributed by atoms with E-state index >= 15 is 0 Å². The van der Waals surface area contributed by atoms with Crippen molar-refractivity contribution < 1.29 is 14.4 Å². The van der Waals surface area contributed by atoms with Crippen molar-refractivity contribution >= 4 is 0 Å². The predicted molar refractivity (Wildman–Crippen MR) is 55.5 cm³/mol. The Morgan fingerprint density at radius 1 is 1.53 bits per heavy atom. The number of ether oxygens (including phenoxy) is 1. The van der Waals surface area contributed by atoms with E-state index in [2.05, 4.69) is 10.1 Å². The number of hydrogen-bond acceptors (Lipinski definition) is 5. The van der Waals surface area contributed by atoms with Crippen molar-refractivity contribution in [1.29, 1.82) is 0 Å². The molecule has 1 rings (SSSR count). The van der Waals surface area contributed by atoms with Crippen LogP contribution in [0.4, 0.5) is 0 Å². The lowest BCUT2D eigenvalue weighted by Gasteiger charge is -2.18. The molecule has 0 aliphatic heterocycles. The highest BCUT2D eigenvalue weighted by molar-refractivity contribution is 5.03. The van der Waals surface area contributed by atoms with Crippen LogP contribution in [0.25, 0.3) is 0 Å². The summed E-state index contributed by atoms with van der Waals surface area (Å²) in [6.07, 6.45) is 0. The van der Waals surface area contributed by atoms with Gasteiger partial charge in [0.1, 0.15) is 5.76 Å². The molecule has 0 unspecified atom stereocenters. The number of aliphatic hydroxyl groups excluding tert-OH is 1. The summed E-state index contributed by atoms with van der Waals surface area (Å²) < 4.78 is 9.97. The number of methoxy groups -OCH3 is 1. The van der Waals surface area contributed by atoms with Gasteiger partial charge in [0.2, 0.25) is 0 Å². The Balaban J connectivity index is 2.42. The minimum Gasteiger partial charge on any atom is -0.395 e. The molecule has 0 saturated heterocycles. The molecule has 0 bridgehead atoms. The van der Waals surface area contributed by atoms with Gasteiger partial charge in [0, 0.05) is 32.8 Å². The summed E-state index contributed by atoms with van der Waals surface area (Å²) in [6, 6.07) is 1.90. The van der Waals surface area contributed by atoms with Crippen molar-refractivity contribution in [2.24, 2.45) is 0 Å². The number of aliphatic hydroxyl groups is 1. The zero-order chi connectivity index (χ0) is 11.1. The van der Waals surface area contributed by atoms with Crippen molar-refractivity contribution in [3.63, 3.8) is 0 Å². The second-order valence-corrected chi connectivity index (χ2v) is 3.42. The van der Waals surface area contributed by atoms with Gasteiger partial charge in [-0.2, -0.15) is 0 Å². The summed E-state index contributed by atoms with van der Waals surface area (Å²) in [5.41, 5.74) is 0.886. The first-order chi connectivity index (χ1) is 7.26. The third-order valence-corrected chi connectivity index (χ3v) is 2.09. The van der Waals surface area contributed by atoms with E-state index in [1.807, 2.05) is 13.0 Å². The van der Waals surface area contributed by atoms with Crippen LogP contribution in [0.15, 0.2) is 10.6 Å². The molecule has 0 fully saturated rings. The fraction of sp³-hybridized carbons (Fsp3) is 0.700. The molecule has 1 N–H and O–H groups in total. The maximum atomic E-state index is 8.89. The molecule has 1 aromatic rings. The fourth-order valence-corrected chi connectivity index (χ4v) is 1.35. The monoisotopic (exact) mass is 214 g/mol. The Bertz CT molecular complexity index is 275. The van der Waals surface area contributed by atoms with Gasteiger partial charge in [0.05, 0.1) is 18.9 Å². The molecule has 0 aliphatic carbocycles. The van der Waals surface area contributed by atoms with Crippen LogP contribution in [0.3, 0.4) is 0 Å². The molecule has 1 heterocycles. The van der Waals surface area contributed by atoms with Gasteiger partial charge in [-0.25, -0.2) is 0 Å². The Labute approximate surface area is 89.6 Å². The van der Waals surface area contributed by atoms with E-state index in [1.54, 1.807) is 7.11 Å². The van der Waals surface area contributed by atoms with Crippen LogP contribution in [-0.2, 0) is 11.3 Å². The summed E-state index contributed by atoms with van der Waals surface area (Å²) in [5, 5.41) is 12.8. The molecule has 0 radical (unpaired) electrons. The SMILES string of the molecule is COCCN(CCO)Cc1cc(C)on1. The highest BCUT2D eigenvalue weighted by Crippen LogP contribution is 2.05. The first-order valence-corrected chi connectivity index (χ1v) is 5.00. The van der Waals surface area contributed by atoms with Gasteiger partial charge >= 0.3 is 0 Å². The topological polar surface area (TPSA) is 58.7 Å². The molecule has 0 atom stereocenters. The highest BCUT2D eigenvalue weighted by Gasteiger charge is 2.08. The van der Waals surface area contributed by atoms with E-state index in [1.165, 1.54) is 0 Å². The summed E-state index contributed by atoms with van der Waals surface area (Å²) >= 11 is 0. The Kier molecular flexibility index (Phi) is 5.31. The average Bonchev–Trinajstić information content (AvgIpc) is 2.61. The molecule has 0 amide bonds. The van der Waals surface area contributed by atoms with Gasteiger partial charge in [-0.05, 0) is 6.92 Å². The van der Waals surface area contributed by atoms with Crippen LogP contribution in [0.1, 0.15) is 11.5 Å². The number of aromatic nitrogens is 1. The van der Waals surface area contributed by atoms with Gasteiger partial charge in [-0.15, -0.1) is 0 Å². The van der Waals surface area contributed by atoms with E-state index in [-0.39, 0.29) is 6.61 Å². The number of nitrogens with zero attached hydrogens (tertiary/aromatic N) is 2. The van der Waals surface area contributed by atoms with E-state index in [0.29, 0.717) is 19.7 Å². The van der Waals surface area contributed by atoms with Crippen molar-refractivity contribution in [2.75, 3.05) is 33.4 Å². The molecular formula is C10H18N2O3. The Morgan fingerprint density at radius 3 is 2.87 bits per heavy atom. The van der Waals surface area contributed by atoms with Crippen LogP contribution in [0, 0.1) is 6.92 Å². The summed E-state index contributed by atoms with van der Waals surface area (Å²) in [6.45, 7) is 4.74. The van der Waals surface area contributed by atoms with Gasteiger partial charge in [-0.3, -0.25) is 4.90 Å². The van der Waals surface area contributed by atoms with E-state index < -0.39 is 0 Å². The first-order valence-electron chi connectivity index (χ1n) is 5.00. The van der Waals surface area contributed by atoms with Gasteiger partial charge in [0.15, 0.2) is 0 Å². The molecule has 86 valence electrons. The van der Waals surface area contributed by atoms with Crippen LogP contribution >= 0.6 is 0 Å². The summed E-state index contributed by atoms with van der Waals surface area (Å²) in [5.74, 6) is 0.806. The standard InChI is InChI=1S/C10H18N2O3/c1-9-7-10(11-15-9)8-12(3-5-13)4-6-14-2/h7,13H,3-6,8H2,1-2H3. The second kappa shape index (κ2) is 6.55. The highest BCUT2D eigenvalue weighted by atomic mass is 16.5. The average molecular weight is 214 g/mol. The van der Waals surface area contributed by atoms with Gasteiger partial charge < -0.3 is 14.4 Å². The number of aryl methyl sites for hydroxylation is 1. The van der Waals surface area contributed by atoms with Crippen LogP contribution in [0.2, 0.25) is 0 Å². The molecular weight excluding hydrogens is 196 g/mol. The van der Waals surface area contributed by atoms with Crippen LogP contribution in [-0.4, -0.2) is 48.6 Å². The van der Waals surface area contributed by atoms with Gasteiger partial charge in [-0.1, -0.05) is 5.16 Å². The Morgan fingerprint density at radius 2 is 2.33 bits per heavy atom. The predicted octanol–water partition coefficient (Wildman–Crippen LogP) is 0.424. The normalized spacial score (nSPS) is 11.2. The fourth-order valence-electron chi connectivity index (χ4n) is 1.35. The van der Waals surface area contributed by atoms with E-state index in [0.717, 1.165) is 18.0 Å². The lowest BCUT2D eigenvalue weighted by molar-refractivity contribution is 0.125. The van der Waals surface area contributed by atoms with Crippen molar-refractivity contribution in [1.82, 2.24) is 10.1 Å². The maximum absolute atomic E-state index is 8.89. The van der Waals surface area contributed by atoms with Crippen molar-refractivity contribution in [2.45, 2.75) is 13.5 Å². The summed E-state index contributed by atoms with van der Waals surface area (Å²) in [4.78, 5) is 2.07. The number of hydrogen-bond donors (Lipinski definition) is 1. The minimum atomic E-state index is 0.139. The van der Waals surface area contributed by atoms with Crippen molar-refractivity contribution in [3.05, 3.63) is 17.5 Å². The molecule has 0 spiro atoms. The molecule has 1 aromatic heterocycles. The van der Waals surface area contributed by atoms with Crippen molar-refractivity contribution in [3.8, 4) is 0 Å². The number of rotatable bonds is 7. The smallest absolute Gasteiger partial charge is 0.133 e. The summed E-state index contributed by atoms with van der Waals surface area (Å²) in [7, 11) is 1.66. The first kappa shape index (κ1) is 12.2. The lowest BCUT2D eigenvalue weighted by atomic mass is 10.3. The maximum Gasteiger partial charge on any atom is 0.133 e. The molecule has 0 aromatic carbocycles. The van der Waals surface area contributed by atoms with Gasteiger partial charge in [0.25, 0.3) is 0 Å². The molecule has 5 nitrogen and oxygen atoms in total. The zero-order valence-corrected chi connectivity index (χ0v) is 9.27. The quantitative estimate of drug-likeness (QED) is 0.713. The van der Waals surface area contributed by atoms with Crippen LogP contribution in [0.5, 0.6) is 0 Å². The molecule has 15 heavy (non-hydrogen) atoms. The second-order valence-electron chi connectivity index (χ2n) is 3.42. The van der Waals surface area contributed by atoms with E-state index in [9.17, 15) is 0 Å². The third kappa shape index (κ3) is 4.42. The molecule has 0 aliphatic rings. The molecule has 5 heteroatoms. The lowest BCUT2D eigenvalue weighted by Crippen LogP contribution is -2.29. The van der Waals surface area contributed by atoms with Crippen LogP contribution < -0.4 is 0 Å². The Hall–Kier alpha value is -0.910. The largest absolute Gasteiger partial charge is 0.395 e. The van der Waals surface area contributed by atoms with E-state index in [4.69, 9.17) is 14.4 Å². The third-order valence-electron chi connectivity index (χ3n) is 2.09. The zero-order valence-electron chi connectivity index (χ0n) is 9.27.